The zero-order valence-electron chi connectivity index (χ0n) is 7.24. The molecular formula is C8H18NO. The van der Waals surface area contributed by atoms with Gasteiger partial charge in [0.2, 0.25) is 0 Å². The summed E-state index contributed by atoms with van der Waals surface area (Å²) in [5.41, 5.74) is 0.385. The van der Waals surface area contributed by atoms with Gasteiger partial charge in [-0.15, -0.1) is 0 Å². The minimum Gasteiger partial charge on any atom is -0.314 e. The van der Waals surface area contributed by atoms with E-state index in [-0.39, 0.29) is 6.61 Å². The van der Waals surface area contributed by atoms with Gasteiger partial charge in [-0.2, -0.15) is 0 Å². The zero-order chi connectivity index (χ0) is 8.04. The molecule has 0 heterocycles. The molecule has 0 aliphatic rings. The van der Waals surface area contributed by atoms with Crippen LogP contribution in [0.3, 0.4) is 0 Å². The Hall–Kier alpha value is -0.0800. The van der Waals surface area contributed by atoms with Gasteiger partial charge in [0.25, 0.3) is 0 Å². The lowest BCUT2D eigenvalue weighted by Gasteiger charge is -2.17. The van der Waals surface area contributed by atoms with Crippen molar-refractivity contribution in [2.75, 3.05) is 19.7 Å². The largest absolute Gasteiger partial charge is 0.314 e. The molecule has 0 saturated carbocycles. The molecule has 0 spiro atoms. The van der Waals surface area contributed by atoms with E-state index >= 15 is 0 Å². The maximum Gasteiger partial charge on any atom is 0.0946 e. The van der Waals surface area contributed by atoms with Crippen LogP contribution in [0.15, 0.2) is 0 Å². The zero-order valence-corrected chi connectivity index (χ0v) is 7.24. The van der Waals surface area contributed by atoms with Crippen LogP contribution in [0.25, 0.3) is 0 Å². The molecule has 0 rings (SSSR count). The van der Waals surface area contributed by atoms with E-state index in [0.717, 1.165) is 13.0 Å². The fourth-order valence-corrected chi connectivity index (χ4v) is 0.661. The van der Waals surface area contributed by atoms with Crippen LogP contribution in [-0.2, 0) is 5.11 Å². The SMILES string of the molecule is CC(C)(C)CCNCC[O]. The van der Waals surface area contributed by atoms with E-state index in [1.54, 1.807) is 0 Å². The van der Waals surface area contributed by atoms with Crippen LogP contribution >= 0.6 is 0 Å². The van der Waals surface area contributed by atoms with Crippen LogP contribution in [-0.4, -0.2) is 19.7 Å². The molecule has 10 heavy (non-hydrogen) atoms. The summed E-state index contributed by atoms with van der Waals surface area (Å²) in [5.74, 6) is 0. The predicted molar refractivity (Wildman–Crippen MR) is 42.5 cm³/mol. The smallest absolute Gasteiger partial charge is 0.0946 e. The molecule has 1 N–H and O–H groups in total. The van der Waals surface area contributed by atoms with Crippen LogP contribution in [0.4, 0.5) is 0 Å². The topological polar surface area (TPSA) is 31.9 Å². The van der Waals surface area contributed by atoms with Gasteiger partial charge >= 0.3 is 0 Å². The summed E-state index contributed by atoms with van der Waals surface area (Å²) in [7, 11) is 0. The number of hydrogen-bond acceptors (Lipinski definition) is 1. The molecule has 0 saturated heterocycles. The van der Waals surface area contributed by atoms with Gasteiger partial charge in [-0.05, 0) is 18.4 Å². The van der Waals surface area contributed by atoms with Crippen molar-refractivity contribution >= 4 is 0 Å². The Bertz CT molecular complexity index is 75.8. The standard InChI is InChI=1S/C8H18NO/c1-8(2,3)4-5-9-6-7-10/h9H,4-7H2,1-3H3. The molecule has 0 aliphatic heterocycles. The first kappa shape index (κ1) is 9.92. The summed E-state index contributed by atoms with van der Waals surface area (Å²) in [4.78, 5) is 0. The fraction of sp³-hybridized carbons (Fsp3) is 1.00. The lowest BCUT2D eigenvalue weighted by molar-refractivity contribution is 0.192. The third kappa shape index (κ3) is 7.92. The molecule has 0 aromatic rings. The highest BCUT2D eigenvalue weighted by atomic mass is 16.3. The molecule has 2 heteroatoms. The van der Waals surface area contributed by atoms with Crippen molar-refractivity contribution in [1.29, 1.82) is 0 Å². The first-order chi connectivity index (χ1) is 4.56. The molecule has 0 unspecified atom stereocenters. The van der Waals surface area contributed by atoms with Crippen molar-refractivity contribution in [3.63, 3.8) is 0 Å². The van der Waals surface area contributed by atoms with Crippen molar-refractivity contribution in [2.24, 2.45) is 5.41 Å². The molecule has 1 radical (unpaired) electrons. The molecule has 0 aromatic carbocycles. The Morgan fingerprint density at radius 3 is 2.20 bits per heavy atom. The highest BCUT2D eigenvalue weighted by Crippen LogP contribution is 2.16. The summed E-state index contributed by atoms with van der Waals surface area (Å²) in [6, 6.07) is 0. The Kier molecular flexibility index (Phi) is 4.65. The second kappa shape index (κ2) is 4.69. The third-order valence-electron chi connectivity index (χ3n) is 1.33. The summed E-state index contributed by atoms with van der Waals surface area (Å²) in [6.45, 7) is 8.16. The molecule has 0 atom stereocenters. The minimum atomic E-state index is -0.00978. The lowest BCUT2D eigenvalue weighted by atomic mass is 9.92. The van der Waals surface area contributed by atoms with Gasteiger partial charge in [0.15, 0.2) is 0 Å². The third-order valence-corrected chi connectivity index (χ3v) is 1.33. The highest BCUT2D eigenvalue weighted by molar-refractivity contribution is 4.62. The summed E-state index contributed by atoms with van der Waals surface area (Å²) in [6.07, 6.45) is 1.13. The van der Waals surface area contributed by atoms with Crippen LogP contribution in [0.1, 0.15) is 27.2 Å². The Balaban J connectivity index is 3.04. The van der Waals surface area contributed by atoms with E-state index in [9.17, 15) is 5.11 Å². The van der Waals surface area contributed by atoms with Crippen molar-refractivity contribution in [3.8, 4) is 0 Å². The molecule has 0 aliphatic carbocycles. The van der Waals surface area contributed by atoms with Crippen LogP contribution in [0, 0.1) is 5.41 Å². The van der Waals surface area contributed by atoms with E-state index < -0.39 is 0 Å². The Morgan fingerprint density at radius 1 is 1.20 bits per heavy atom. The van der Waals surface area contributed by atoms with Gasteiger partial charge in [0, 0.05) is 6.54 Å². The second-order valence-electron chi connectivity index (χ2n) is 3.76. The maximum absolute atomic E-state index is 9.99. The summed E-state index contributed by atoms with van der Waals surface area (Å²) < 4.78 is 0. The van der Waals surface area contributed by atoms with Crippen LogP contribution < -0.4 is 5.32 Å². The number of hydrogen-bond donors (Lipinski definition) is 1. The normalized spacial score (nSPS) is 12.0. The van der Waals surface area contributed by atoms with Gasteiger partial charge < -0.3 is 5.32 Å². The van der Waals surface area contributed by atoms with Gasteiger partial charge in [-0.25, -0.2) is 5.11 Å². The molecule has 0 amide bonds. The van der Waals surface area contributed by atoms with E-state index in [1.165, 1.54) is 0 Å². The number of nitrogens with one attached hydrogen (secondary N) is 1. The van der Waals surface area contributed by atoms with Crippen molar-refractivity contribution < 1.29 is 5.11 Å². The maximum atomic E-state index is 9.99. The van der Waals surface area contributed by atoms with E-state index in [2.05, 4.69) is 26.1 Å². The minimum absolute atomic E-state index is 0.00978. The van der Waals surface area contributed by atoms with Gasteiger partial charge in [0.05, 0.1) is 6.61 Å². The molecule has 61 valence electrons. The molecule has 0 aromatic heterocycles. The Morgan fingerprint density at radius 2 is 1.80 bits per heavy atom. The number of rotatable bonds is 4. The summed E-state index contributed by atoms with van der Waals surface area (Å²) >= 11 is 0. The first-order valence-electron chi connectivity index (χ1n) is 3.85. The molecular weight excluding hydrogens is 126 g/mol. The van der Waals surface area contributed by atoms with E-state index in [4.69, 9.17) is 0 Å². The van der Waals surface area contributed by atoms with Crippen molar-refractivity contribution in [2.45, 2.75) is 27.2 Å². The highest BCUT2D eigenvalue weighted by Gasteiger charge is 2.07. The average molecular weight is 144 g/mol. The van der Waals surface area contributed by atoms with Crippen LogP contribution in [0.2, 0.25) is 0 Å². The fourth-order valence-electron chi connectivity index (χ4n) is 0.661. The van der Waals surface area contributed by atoms with Gasteiger partial charge in [0.1, 0.15) is 0 Å². The molecule has 0 bridgehead atoms. The van der Waals surface area contributed by atoms with Gasteiger partial charge in [-0.3, -0.25) is 0 Å². The molecule has 2 nitrogen and oxygen atoms in total. The Labute approximate surface area is 63.6 Å². The quantitative estimate of drug-likeness (QED) is 0.595. The van der Waals surface area contributed by atoms with Crippen molar-refractivity contribution in [3.05, 3.63) is 0 Å². The monoisotopic (exact) mass is 144 g/mol. The van der Waals surface area contributed by atoms with E-state index in [1.807, 2.05) is 0 Å². The first-order valence-corrected chi connectivity index (χ1v) is 3.85. The lowest BCUT2D eigenvalue weighted by Crippen LogP contribution is -2.22. The predicted octanol–water partition coefficient (Wildman–Crippen LogP) is 1.44. The van der Waals surface area contributed by atoms with Crippen molar-refractivity contribution in [1.82, 2.24) is 5.32 Å². The summed E-state index contributed by atoms with van der Waals surface area (Å²) in [5, 5.41) is 13.1. The average Bonchev–Trinajstić information content (AvgIpc) is 1.78. The second-order valence-corrected chi connectivity index (χ2v) is 3.76. The van der Waals surface area contributed by atoms with Crippen LogP contribution in [0.5, 0.6) is 0 Å². The molecule has 0 fully saturated rings. The van der Waals surface area contributed by atoms with Gasteiger partial charge in [-0.1, -0.05) is 20.8 Å². The van der Waals surface area contributed by atoms with E-state index in [0.29, 0.717) is 12.0 Å².